The number of hydrogen-bond donors (Lipinski definition) is 2. The van der Waals surface area contributed by atoms with Gasteiger partial charge in [-0.05, 0) is 67.1 Å². The van der Waals surface area contributed by atoms with Crippen molar-refractivity contribution < 1.29 is 17.9 Å². The first-order valence-corrected chi connectivity index (χ1v) is 12.9. The van der Waals surface area contributed by atoms with Crippen molar-refractivity contribution in [3.63, 3.8) is 0 Å². The van der Waals surface area contributed by atoms with Gasteiger partial charge in [0, 0.05) is 11.1 Å². The number of nitrogens with one attached hydrogen (secondary N) is 2. The topological polar surface area (TPSA) is 84.5 Å². The summed E-state index contributed by atoms with van der Waals surface area (Å²) in [7, 11) is -3.77. The van der Waals surface area contributed by atoms with Crippen LogP contribution in [0.3, 0.4) is 0 Å². The molecule has 0 aliphatic carbocycles. The van der Waals surface area contributed by atoms with E-state index in [1.807, 2.05) is 81.4 Å². The zero-order chi connectivity index (χ0) is 25.0. The zero-order valence-electron chi connectivity index (χ0n) is 19.9. The van der Waals surface area contributed by atoms with Crippen LogP contribution >= 0.6 is 0 Å². The van der Waals surface area contributed by atoms with Crippen molar-refractivity contribution in [2.75, 3.05) is 10.0 Å². The molecule has 0 radical (unpaired) electrons. The molecule has 1 unspecified atom stereocenters. The summed E-state index contributed by atoms with van der Waals surface area (Å²) in [4.78, 5) is 13.0. The molecule has 0 heterocycles. The van der Waals surface area contributed by atoms with Gasteiger partial charge in [-0.25, -0.2) is 8.42 Å². The summed E-state index contributed by atoms with van der Waals surface area (Å²) in [6.07, 6.45) is -0.226. The van der Waals surface area contributed by atoms with Gasteiger partial charge in [0.15, 0.2) is 6.10 Å². The third kappa shape index (κ3) is 5.46. The molecule has 1 amide bonds. The Morgan fingerprint density at radius 1 is 0.857 bits per heavy atom. The fourth-order valence-electron chi connectivity index (χ4n) is 3.88. The van der Waals surface area contributed by atoms with Crippen molar-refractivity contribution in [2.24, 2.45) is 0 Å². The summed E-state index contributed by atoms with van der Waals surface area (Å²) in [5.41, 5.74) is 2.74. The number of hydrogen-bond acceptors (Lipinski definition) is 4. The smallest absolute Gasteiger partial charge is 0.265 e. The van der Waals surface area contributed by atoms with Gasteiger partial charge in [0.1, 0.15) is 5.75 Å². The predicted octanol–water partition coefficient (Wildman–Crippen LogP) is 6.05. The largest absolute Gasteiger partial charge is 0.480 e. The fourth-order valence-corrected chi connectivity index (χ4v) is 5.09. The van der Waals surface area contributed by atoms with E-state index in [0.29, 0.717) is 23.5 Å². The number of carbonyl (C=O) groups is 1. The first-order chi connectivity index (χ1) is 16.8. The normalized spacial score (nSPS) is 12.2. The summed E-state index contributed by atoms with van der Waals surface area (Å²) in [6, 6.07) is 25.3. The molecule has 0 bridgehead atoms. The van der Waals surface area contributed by atoms with E-state index in [9.17, 15) is 13.2 Å². The van der Waals surface area contributed by atoms with Crippen LogP contribution < -0.4 is 14.8 Å². The monoisotopic (exact) mass is 488 g/mol. The van der Waals surface area contributed by atoms with Crippen LogP contribution in [0.25, 0.3) is 10.8 Å². The van der Waals surface area contributed by atoms with E-state index < -0.39 is 16.1 Å². The average molecular weight is 489 g/mol. The van der Waals surface area contributed by atoms with Gasteiger partial charge in [-0.1, -0.05) is 61.5 Å². The number of amides is 1. The molecular formula is C28H28N2O4S. The van der Waals surface area contributed by atoms with Crippen molar-refractivity contribution in [2.45, 2.75) is 38.2 Å². The van der Waals surface area contributed by atoms with E-state index in [1.54, 1.807) is 12.1 Å². The van der Waals surface area contributed by atoms with Gasteiger partial charge in [-0.3, -0.25) is 9.52 Å². The van der Waals surface area contributed by atoms with Gasteiger partial charge in [-0.15, -0.1) is 0 Å². The lowest BCUT2D eigenvalue weighted by Gasteiger charge is -2.19. The van der Waals surface area contributed by atoms with Crippen molar-refractivity contribution in [1.82, 2.24) is 0 Å². The van der Waals surface area contributed by atoms with Gasteiger partial charge in [0.2, 0.25) is 0 Å². The minimum absolute atomic E-state index is 0.109. The molecule has 0 saturated carbocycles. The molecule has 7 heteroatoms. The average Bonchev–Trinajstić information content (AvgIpc) is 2.85. The SMILES string of the molecule is CCC(Oc1cccc2ccccc12)C(=O)Nc1ccc(S(=O)(=O)Nc2c(C)cccc2C)cc1. The second-order valence-electron chi connectivity index (χ2n) is 8.38. The van der Waals surface area contributed by atoms with Crippen LogP contribution in [0.15, 0.2) is 89.8 Å². The lowest BCUT2D eigenvalue weighted by molar-refractivity contribution is -0.122. The van der Waals surface area contributed by atoms with E-state index in [4.69, 9.17) is 4.74 Å². The van der Waals surface area contributed by atoms with E-state index >= 15 is 0 Å². The summed E-state index contributed by atoms with van der Waals surface area (Å²) in [6.45, 7) is 5.59. The zero-order valence-corrected chi connectivity index (χ0v) is 20.7. The molecule has 0 aromatic heterocycles. The van der Waals surface area contributed by atoms with Gasteiger partial charge >= 0.3 is 0 Å². The van der Waals surface area contributed by atoms with E-state index in [-0.39, 0.29) is 10.8 Å². The Morgan fingerprint density at radius 2 is 1.49 bits per heavy atom. The van der Waals surface area contributed by atoms with Crippen molar-refractivity contribution in [1.29, 1.82) is 0 Å². The number of benzene rings is 4. The highest BCUT2D eigenvalue weighted by Gasteiger charge is 2.21. The lowest BCUT2D eigenvalue weighted by atomic mass is 10.1. The maximum absolute atomic E-state index is 12.9. The molecular weight excluding hydrogens is 460 g/mol. The van der Waals surface area contributed by atoms with Crippen LogP contribution in [-0.2, 0) is 14.8 Å². The van der Waals surface area contributed by atoms with Crippen LogP contribution in [0.1, 0.15) is 24.5 Å². The molecule has 0 aliphatic heterocycles. The van der Waals surface area contributed by atoms with Crippen LogP contribution in [0.4, 0.5) is 11.4 Å². The van der Waals surface area contributed by atoms with Crippen LogP contribution in [0.5, 0.6) is 5.75 Å². The quantitative estimate of drug-likeness (QED) is 0.316. The van der Waals surface area contributed by atoms with Crippen molar-refractivity contribution >= 4 is 38.1 Å². The Labute approximate surface area is 206 Å². The van der Waals surface area contributed by atoms with Crippen LogP contribution in [0, 0.1) is 13.8 Å². The summed E-state index contributed by atoms with van der Waals surface area (Å²) < 4.78 is 34.5. The van der Waals surface area contributed by atoms with E-state index in [0.717, 1.165) is 21.9 Å². The third-order valence-electron chi connectivity index (χ3n) is 5.83. The lowest BCUT2D eigenvalue weighted by Crippen LogP contribution is -2.32. The minimum Gasteiger partial charge on any atom is -0.480 e. The second-order valence-corrected chi connectivity index (χ2v) is 10.1. The molecule has 4 aromatic carbocycles. The molecule has 0 aliphatic rings. The Balaban J connectivity index is 1.47. The third-order valence-corrected chi connectivity index (χ3v) is 7.20. The molecule has 0 spiro atoms. The number of rotatable bonds is 8. The number of ether oxygens (including phenoxy) is 1. The first kappa shape index (κ1) is 24.3. The van der Waals surface area contributed by atoms with Gasteiger partial charge in [0.25, 0.3) is 15.9 Å². The highest BCUT2D eigenvalue weighted by molar-refractivity contribution is 7.92. The van der Waals surface area contributed by atoms with Crippen LogP contribution in [0.2, 0.25) is 0 Å². The molecule has 1 atom stereocenters. The Bertz CT molecular complexity index is 1440. The van der Waals surface area contributed by atoms with Crippen molar-refractivity contribution in [3.05, 3.63) is 96.1 Å². The fraction of sp³-hybridized carbons (Fsp3) is 0.179. The van der Waals surface area contributed by atoms with Crippen LogP contribution in [-0.4, -0.2) is 20.4 Å². The van der Waals surface area contributed by atoms with Gasteiger partial charge < -0.3 is 10.1 Å². The first-order valence-electron chi connectivity index (χ1n) is 11.4. The predicted molar refractivity (Wildman–Crippen MR) is 140 cm³/mol. The Hall–Kier alpha value is -3.84. The maximum atomic E-state index is 12.9. The summed E-state index contributed by atoms with van der Waals surface area (Å²) in [5, 5.41) is 4.80. The molecule has 6 nitrogen and oxygen atoms in total. The van der Waals surface area contributed by atoms with Crippen molar-refractivity contribution in [3.8, 4) is 5.75 Å². The molecule has 35 heavy (non-hydrogen) atoms. The minimum atomic E-state index is -3.77. The van der Waals surface area contributed by atoms with E-state index in [1.165, 1.54) is 12.1 Å². The summed E-state index contributed by atoms with van der Waals surface area (Å²) >= 11 is 0. The van der Waals surface area contributed by atoms with Gasteiger partial charge in [0.05, 0.1) is 10.6 Å². The maximum Gasteiger partial charge on any atom is 0.265 e. The van der Waals surface area contributed by atoms with E-state index in [2.05, 4.69) is 10.0 Å². The second kappa shape index (κ2) is 10.2. The molecule has 180 valence electrons. The highest BCUT2D eigenvalue weighted by Crippen LogP contribution is 2.27. The molecule has 0 saturated heterocycles. The molecule has 4 rings (SSSR count). The number of para-hydroxylation sites is 1. The number of aryl methyl sites for hydroxylation is 2. The summed E-state index contributed by atoms with van der Waals surface area (Å²) in [5.74, 6) is 0.341. The number of fused-ring (bicyclic) bond motifs is 1. The molecule has 4 aromatic rings. The number of sulfonamides is 1. The number of carbonyl (C=O) groups excluding carboxylic acids is 1. The Kier molecular flexibility index (Phi) is 7.07. The number of anilines is 2. The molecule has 2 N–H and O–H groups in total. The highest BCUT2D eigenvalue weighted by atomic mass is 32.2. The van der Waals surface area contributed by atoms with Gasteiger partial charge in [-0.2, -0.15) is 0 Å². The standard InChI is InChI=1S/C28H28N2O4S/c1-4-25(34-26-14-8-12-21-11-5-6-13-24(21)26)28(31)29-22-15-17-23(18-16-22)35(32,33)30-27-19(2)9-7-10-20(27)3/h5-18,25,30H,4H2,1-3H3,(H,29,31). The Morgan fingerprint density at radius 3 is 2.17 bits per heavy atom. The molecule has 0 fully saturated rings.